The molecule has 0 aromatic rings. The van der Waals surface area contributed by atoms with Gasteiger partial charge in [0.05, 0.1) is 43.4 Å². The largest absolute Gasteiger partial charge is 0.458 e. The van der Waals surface area contributed by atoms with Gasteiger partial charge in [-0.1, -0.05) is 44.9 Å². The Kier molecular flexibility index (Phi) is 17.1. The summed E-state index contributed by atoms with van der Waals surface area (Å²) in [5, 5.41) is 88.2. The van der Waals surface area contributed by atoms with E-state index < -0.39 is 175 Å². The number of cyclic esters (lactones) is 1. The molecule has 9 rings (SSSR count). The van der Waals surface area contributed by atoms with Crippen molar-refractivity contribution < 1.29 is 115 Å². The average molecular weight is 1140 g/mol. The molecule has 0 bridgehead atoms. The van der Waals surface area contributed by atoms with Crippen molar-refractivity contribution in [3.8, 4) is 0 Å². The number of aliphatic hydroxyl groups is 8. The SMILES string of the molecule is C=C(C)CCCC1(C)OC(=O)C23CCC4C(=CCC5C(C)(C)C(OC6OCC(OS(=O)(=O)O)C(O)C6OC6OC(C)C(OC7OCC(O)C(OC8OC(CO)C(O)C(OC)C8O)C7O)C(O)C6O)CCC45C)C2(C)CC(=O)C13. The molecule has 78 heavy (non-hydrogen) atoms. The van der Waals surface area contributed by atoms with Crippen molar-refractivity contribution in [2.75, 3.05) is 26.9 Å². The van der Waals surface area contributed by atoms with Crippen LogP contribution in [0.5, 0.6) is 0 Å². The van der Waals surface area contributed by atoms with E-state index in [-0.39, 0.29) is 35.4 Å². The maximum absolute atomic E-state index is 14.4. The van der Waals surface area contributed by atoms with E-state index in [0.717, 1.165) is 24.0 Å². The predicted molar refractivity (Wildman–Crippen MR) is 265 cm³/mol. The van der Waals surface area contributed by atoms with Gasteiger partial charge < -0.3 is 88.2 Å². The zero-order valence-electron chi connectivity index (χ0n) is 45.5. The number of ketones is 1. The molecule has 24 nitrogen and oxygen atoms in total. The Morgan fingerprint density at radius 1 is 0.782 bits per heavy atom. The van der Waals surface area contributed by atoms with Crippen LogP contribution in [-0.4, -0.2) is 215 Å². The number of hydrogen-bond donors (Lipinski definition) is 9. The highest BCUT2D eigenvalue weighted by Gasteiger charge is 2.79. The van der Waals surface area contributed by atoms with Crippen LogP contribution in [0.3, 0.4) is 0 Å². The van der Waals surface area contributed by atoms with Gasteiger partial charge >= 0.3 is 16.4 Å². The third-order valence-corrected chi connectivity index (χ3v) is 20.2. The van der Waals surface area contributed by atoms with E-state index in [1.807, 2.05) is 13.8 Å². The highest BCUT2D eigenvalue weighted by atomic mass is 32.3. The van der Waals surface area contributed by atoms with Gasteiger partial charge in [-0.05, 0) is 94.8 Å². The van der Waals surface area contributed by atoms with Gasteiger partial charge in [-0.15, -0.1) is 6.58 Å². The van der Waals surface area contributed by atoms with E-state index >= 15 is 0 Å². The lowest BCUT2D eigenvalue weighted by molar-refractivity contribution is -0.382. The van der Waals surface area contributed by atoms with E-state index in [2.05, 4.69) is 40.3 Å². The minimum Gasteiger partial charge on any atom is -0.458 e. The summed E-state index contributed by atoms with van der Waals surface area (Å²) in [6.07, 6.45) is -22.0. The number of aliphatic hydroxyl groups excluding tert-OH is 8. The molecule has 0 amide bonds. The Labute approximate surface area is 454 Å². The fraction of sp³-hybridized carbons (Fsp3) is 0.887. The van der Waals surface area contributed by atoms with Gasteiger partial charge in [-0.25, -0.2) is 4.18 Å². The summed E-state index contributed by atoms with van der Waals surface area (Å²) >= 11 is 0. The number of allylic oxidation sites excluding steroid dienone is 3. The zero-order chi connectivity index (χ0) is 57.0. The third kappa shape index (κ3) is 10.2. The molecule has 25 heteroatoms. The Hall–Kier alpha value is -2.19. The molecule has 5 aliphatic heterocycles. The predicted octanol–water partition coefficient (Wildman–Crippen LogP) is 0.257. The van der Waals surface area contributed by atoms with Crippen LogP contribution in [0.2, 0.25) is 0 Å². The van der Waals surface area contributed by atoms with Crippen LogP contribution in [-0.2, 0) is 71.5 Å². The lowest BCUT2D eigenvalue weighted by Crippen LogP contribution is -2.65. The minimum atomic E-state index is -5.15. The maximum Gasteiger partial charge on any atom is 0.397 e. The number of ether oxygens (including phenoxy) is 10. The molecule has 9 aliphatic rings. The van der Waals surface area contributed by atoms with Gasteiger partial charge in [0.25, 0.3) is 0 Å². The maximum atomic E-state index is 14.4. The molecular formula is C53H82O24S. The summed E-state index contributed by atoms with van der Waals surface area (Å²) in [7, 11) is -3.94. The number of carbonyl (C=O) groups excluding carboxylic acids is 2. The number of rotatable bonds is 16. The summed E-state index contributed by atoms with van der Waals surface area (Å²) < 4.78 is 97.7. The molecule has 8 fully saturated rings. The van der Waals surface area contributed by atoms with Crippen molar-refractivity contribution in [2.24, 2.45) is 39.4 Å². The van der Waals surface area contributed by atoms with Crippen LogP contribution in [0.1, 0.15) is 106 Å². The number of methoxy groups -OCH3 is 1. The monoisotopic (exact) mass is 1130 g/mol. The van der Waals surface area contributed by atoms with Crippen molar-refractivity contribution in [3.05, 3.63) is 23.8 Å². The Balaban J connectivity index is 0.894. The van der Waals surface area contributed by atoms with Gasteiger partial charge in [0.15, 0.2) is 25.2 Å². The highest BCUT2D eigenvalue weighted by molar-refractivity contribution is 7.80. The lowest BCUT2D eigenvalue weighted by Gasteiger charge is -2.63. The van der Waals surface area contributed by atoms with E-state index in [9.17, 15) is 63.4 Å². The van der Waals surface area contributed by atoms with Gasteiger partial charge in [-0.2, -0.15) is 8.42 Å². The van der Waals surface area contributed by atoms with Crippen LogP contribution in [0, 0.1) is 39.4 Å². The van der Waals surface area contributed by atoms with E-state index in [4.69, 9.17) is 51.6 Å². The highest BCUT2D eigenvalue weighted by Crippen LogP contribution is 2.75. The number of esters is 1. The van der Waals surface area contributed by atoms with Crippen LogP contribution < -0.4 is 0 Å². The number of fused-ring (bicyclic) bond motifs is 4. The second-order valence-electron chi connectivity index (χ2n) is 24.8. The van der Waals surface area contributed by atoms with E-state index in [0.29, 0.717) is 38.5 Å². The van der Waals surface area contributed by atoms with E-state index in [1.165, 1.54) is 14.0 Å². The molecule has 4 aliphatic carbocycles. The fourth-order valence-corrected chi connectivity index (χ4v) is 16.3. The molecular weight excluding hydrogens is 1050 g/mol. The first-order chi connectivity index (χ1) is 36.5. The minimum absolute atomic E-state index is 0.00877. The Morgan fingerprint density at radius 2 is 1.44 bits per heavy atom. The molecule has 3 saturated carbocycles. The Morgan fingerprint density at radius 3 is 2.10 bits per heavy atom. The molecule has 9 N–H and O–H groups in total. The summed E-state index contributed by atoms with van der Waals surface area (Å²) in [5.74, 6) is -0.736. The second kappa shape index (κ2) is 22.1. The van der Waals surface area contributed by atoms with Crippen molar-refractivity contribution in [1.82, 2.24) is 0 Å². The van der Waals surface area contributed by atoms with Crippen LogP contribution in [0.25, 0.3) is 0 Å². The third-order valence-electron chi connectivity index (χ3n) is 19.7. The molecule has 0 aromatic carbocycles. The fourth-order valence-electron chi connectivity index (χ4n) is 15.8. The Bertz CT molecular complexity index is 2370. The van der Waals surface area contributed by atoms with Gasteiger partial charge in [0.1, 0.15) is 90.7 Å². The van der Waals surface area contributed by atoms with E-state index in [1.54, 1.807) is 0 Å². The molecule has 26 atom stereocenters. The summed E-state index contributed by atoms with van der Waals surface area (Å²) in [6, 6.07) is 0. The summed E-state index contributed by atoms with van der Waals surface area (Å²) in [4.78, 5) is 28.7. The molecule has 5 saturated heterocycles. The first kappa shape index (κ1) is 60.4. The number of hydrogen-bond acceptors (Lipinski definition) is 23. The normalized spacial score (nSPS) is 50.2. The zero-order valence-corrected chi connectivity index (χ0v) is 46.3. The van der Waals surface area contributed by atoms with Gasteiger partial charge in [0, 0.05) is 18.9 Å². The van der Waals surface area contributed by atoms with Crippen molar-refractivity contribution in [1.29, 1.82) is 0 Å². The summed E-state index contributed by atoms with van der Waals surface area (Å²) in [6.45, 7) is 16.1. The molecule has 26 unspecified atom stereocenters. The van der Waals surface area contributed by atoms with Gasteiger partial charge in [-0.3, -0.25) is 14.1 Å². The molecule has 444 valence electrons. The smallest absolute Gasteiger partial charge is 0.397 e. The van der Waals surface area contributed by atoms with Crippen molar-refractivity contribution in [3.63, 3.8) is 0 Å². The molecule has 1 spiro atoms. The standard InChI is InChI=1S/C53H82O24S/c1-23(2)11-10-16-52(8)43-27(55)19-51(7)26-12-13-31-49(4,5)32(15-17-50(31,6)25(26)14-18-53(43,51)48(63)76-52)72-47-42(34(58)30(22-69-47)77-78(64,65)66)75-45-36(60)35(59)39(24(3)70-45)73-44-37(61)40(28(56)21-68-44)74-46-38(62)41(67-9)33(57)29(20-54)71-46/h12,24-25,28-47,54,56-62H,1,10-11,13-22H2,2-9H3,(H,64,65,66). The lowest BCUT2D eigenvalue weighted by atomic mass is 9.41. The molecule has 0 radical (unpaired) electrons. The van der Waals surface area contributed by atoms with Crippen LogP contribution >= 0.6 is 0 Å². The second-order valence-corrected chi connectivity index (χ2v) is 25.9. The quantitative estimate of drug-likeness (QED) is 0.0568. The first-order valence-corrected chi connectivity index (χ1v) is 28.7. The molecule has 5 heterocycles. The molecule has 0 aromatic heterocycles. The van der Waals surface area contributed by atoms with Crippen molar-refractivity contribution >= 4 is 22.2 Å². The first-order valence-electron chi connectivity index (χ1n) is 27.3. The number of carbonyl (C=O) groups is 2. The van der Waals surface area contributed by atoms with Crippen LogP contribution in [0.15, 0.2) is 23.8 Å². The summed E-state index contributed by atoms with van der Waals surface area (Å²) in [5.41, 5.74) is -1.36. The average Bonchev–Trinajstić information content (AvgIpc) is 3.04. The topological polar surface area (TPSA) is 352 Å². The number of Topliss-reactive ketones (excluding diaryl/α,β-unsaturated/α-hetero) is 1. The van der Waals surface area contributed by atoms with Crippen LogP contribution in [0.4, 0.5) is 0 Å². The van der Waals surface area contributed by atoms with Crippen molar-refractivity contribution in [2.45, 2.75) is 229 Å². The van der Waals surface area contributed by atoms with Gasteiger partial charge in [0.2, 0.25) is 0 Å².